The SMILES string of the molecule is CC(C)n1cnc(C2CN(C(=O)c3ccsc3)CC23CCCN(CC2CC2)C3=O)c1. The molecular weight excluding hydrogens is 396 g/mol. The predicted molar refractivity (Wildman–Crippen MR) is 117 cm³/mol. The zero-order chi connectivity index (χ0) is 20.9. The van der Waals surface area contributed by atoms with Crippen LogP contribution in [0.1, 0.15) is 67.5 Å². The minimum Gasteiger partial charge on any atom is -0.342 e. The van der Waals surface area contributed by atoms with Gasteiger partial charge in [0.25, 0.3) is 5.91 Å². The molecule has 6 nitrogen and oxygen atoms in total. The van der Waals surface area contributed by atoms with Gasteiger partial charge >= 0.3 is 0 Å². The van der Waals surface area contributed by atoms with Crippen LogP contribution in [0.15, 0.2) is 29.4 Å². The van der Waals surface area contributed by atoms with Crippen LogP contribution in [-0.4, -0.2) is 57.3 Å². The van der Waals surface area contributed by atoms with Gasteiger partial charge in [0.15, 0.2) is 0 Å². The van der Waals surface area contributed by atoms with Crippen LogP contribution in [0.3, 0.4) is 0 Å². The molecule has 0 aromatic carbocycles. The Morgan fingerprint density at radius 2 is 2.20 bits per heavy atom. The second kappa shape index (κ2) is 7.52. The summed E-state index contributed by atoms with van der Waals surface area (Å²) in [6.45, 7) is 7.05. The first-order chi connectivity index (χ1) is 14.5. The van der Waals surface area contributed by atoms with Crippen molar-refractivity contribution in [1.82, 2.24) is 19.4 Å². The van der Waals surface area contributed by atoms with Crippen LogP contribution >= 0.6 is 11.3 Å². The summed E-state index contributed by atoms with van der Waals surface area (Å²) in [4.78, 5) is 35.7. The zero-order valence-corrected chi connectivity index (χ0v) is 18.6. The average Bonchev–Trinajstić information content (AvgIpc) is 3.17. The van der Waals surface area contributed by atoms with Gasteiger partial charge in [0.1, 0.15) is 0 Å². The number of hydrogen-bond donors (Lipinski definition) is 0. The van der Waals surface area contributed by atoms with Crippen molar-refractivity contribution in [3.63, 3.8) is 0 Å². The minimum absolute atomic E-state index is 0.0357. The van der Waals surface area contributed by atoms with Gasteiger partial charge < -0.3 is 14.4 Å². The highest BCUT2D eigenvalue weighted by molar-refractivity contribution is 7.08. The Kier molecular flexibility index (Phi) is 4.96. The van der Waals surface area contributed by atoms with Crippen molar-refractivity contribution >= 4 is 23.2 Å². The van der Waals surface area contributed by atoms with Crippen molar-refractivity contribution < 1.29 is 9.59 Å². The summed E-state index contributed by atoms with van der Waals surface area (Å²) < 4.78 is 2.10. The number of likely N-dealkylation sites (tertiary alicyclic amines) is 2. The fraction of sp³-hybridized carbons (Fsp3) is 0.609. The van der Waals surface area contributed by atoms with Crippen LogP contribution in [0.25, 0.3) is 0 Å². The lowest BCUT2D eigenvalue weighted by molar-refractivity contribution is -0.146. The normalized spacial score (nSPS) is 26.9. The van der Waals surface area contributed by atoms with Crippen molar-refractivity contribution in [1.29, 1.82) is 0 Å². The fourth-order valence-corrected chi connectivity index (χ4v) is 5.82. The summed E-state index contributed by atoms with van der Waals surface area (Å²) in [6, 6.07) is 2.20. The Labute approximate surface area is 181 Å². The number of piperidine rings is 1. The molecule has 0 N–H and O–H groups in total. The monoisotopic (exact) mass is 426 g/mol. The van der Waals surface area contributed by atoms with Crippen LogP contribution in [0.4, 0.5) is 0 Å². The van der Waals surface area contributed by atoms with Crippen molar-refractivity contribution in [3.05, 3.63) is 40.6 Å². The number of carbonyl (C=O) groups excluding carboxylic acids is 2. The summed E-state index contributed by atoms with van der Waals surface area (Å²) >= 11 is 1.53. The molecule has 2 saturated heterocycles. The zero-order valence-electron chi connectivity index (χ0n) is 17.8. The number of imidazole rings is 1. The highest BCUT2D eigenvalue weighted by Crippen LogP contribution is 2.50. The molecule has 2 atom stereocenters. The van der Waals surface area contributed by atoms with E-state index < -0.39 is 5.41 Å². The molecule has 4 heterocycles. The highest BCUT2D eigenvalue weighted by Gasteiger charge is 2.57. The van der Waals surface area contributed by atoms with Crippen molar-refractivity contribution in [2.75, 3.05) is 26.2 Å². The highest BCUT2D eigenvalue weighted by atomic mass is 32.1. The molecule has 1 spiro atoms. The van der Waals surface area contributed by atoms with E-state index in [1.165, 1.54) is 24.2 Å². The Balaban J connectivity index is 1.49. The standard InChI is InChI=1S/C23H30N4O2S/c1-16(2)27-12-20(24-15-27)19-11-26(21(28)18-6-9-30-13-18)14-23(19)7-3-8-25(22(23)29)10-17-4-5-17/h6,9,12-13,15-17,19H,3-5,7-8,10-11,14H2,1-2H3. The Bertz CT molecular complexity index is 933. The van der Waals surface area contributed by atoms with E-state index in [4.69, 9.17) is 4.98 Å². The number of hydrogen-bond acceptors (Lipinski definition) is 4. The molecule has 5 rings (SSSR count). The van der Waals surface area contributed by atoms with E-state index in [2.05, 4.69) is 29.5 Å². The van der Waals surface area contributed by atoms with Crippen molar-refractivity contribution in [2.24, 2.45) is 11.3 Å². The largest absolute Gasteiger partial charge is 0.342 e. The first-order valence-electron chi connectivity index (χ1n) is 11.1. The number of rotatable bonds is 5. The molecular formula is C23H30N4O2S. The van der Waals surface area contributed by atoms with E-state index in [1.54, 1.807) is 0 Å². The summed E-state index contributed by atoms with van der Waals surface area (Å²) in [7, 11) is 0. The number of amides is 2. The molecule has 1 saturated carbocycles. The quantitative estimate of drug-likeness (QED) is 0.731. The molecule has 1 aliphatic carbocycles. The molecule has 0 radical (unpaired) electrons. The maximum Gasteiger partial charge on any atom is 0.254 e. The number of carbonyl (C=O) groups is 2. The maximum atomic E-state index is 13.8. The molecule has 2 aliphatic heterocycles. The molecule has 30 heavy (non-hydrogen) atoms. The second-order valence-electron chi connectivity index (χ2n) is 9.54. The summed E-state index contributed by atoms with van der Waals surface area (Å²) in [5.41, 5.74) is 1.13. The third kappa shape index (κ3) is 3.37. The van der Waals surface area contributed by atoms with Gasteiger partial charge in [0.05, 0.1) is 23.0 Å². The Morgan fingerprint density at radius 1 is 1.37 bits per heavy atom. The summed E-state index contributed by atoms with van der Waals surface area (Å²) in [5.74, 6) is 0.904. The van der Waals surface area contributed by atoms with E-state index >= 15 is 0 Å². The molecule has 2 unspecified atom stereocenters. The lowest BCUT2D eigenvalue weighted by Crippen LogP contribution is -2.52. The van der Waals surface area contributed by atoms with Crippen molar-refractivity contribution in [3.8, 4) is 0 Å². The minimum atomic E-state index is -0.547. The first-order valence-corrected chi connectivity index (χ1v) is 12.1. The molecule has 2 aromatic rings. The van der Waals surface area contributed by atoms with Gasteiger partial charge in [-0.1, -0.05) is 0 Å². The van der Waals surface area contributed by atoms with Gasteiger partial charge in [-0.25, -0.2) is 4.98 Å². The van der Waals surface area contributed by atoms with E-state index in [9.17, 15) is 9.59 Å². The maximum absolute atomic E-state index is 13.8. The molecule has 2 amide bonds. The van der Waals surface area contributed by atoms with Crippen LogP contribution in [-0.2, 0) is 4.79 Å². The Morgan fingerprint density at radius 3 is 2.87 bits per heavy atom. The first kappa shape index (κ1) is 19.8. The van der Waals surface area contributed by atoms with Crippen LogP contribution in [0, 0.1) is 11.3 Å². The van der Waals surface area contributed by atoms with E-state index in [1.807, 2.05) is 28.1 Å². The van der Waals surface area contributed by atoms with Gasteiger partial charge in [-0.2, -0.15) is 11.3 Å². The fourth-order valence-electron chi connectivity index (χ4n) is 5.19. The molecule has 3 aliphatic rings. The number of thiophene rings is 1. The predicted octanol–water partition coefficient (Wildman–Crippen LogP) is 3.78. The molecule has 7 heteroatoms. The van der Waals surface area contributed by atoms with Crippen LogP contribution in [0.2, 0.25) is 0 Å². The Hall–Kier alpha value is -2.15. The van der Waals surface area contributed by atoms with E-state index in [0.717, 1.165) is 37.2 Å². The van der Waals surface area contributed by atoms with Gasteiger partial charge in [-0.15, -0.1) is 0 Å². The lowest BCUT2D eigenvalue weighted by atomic mass is 9.70. The van der Waals surface area contributed by atoms with Gasteiger partial charge in [-0.3, -0.25) is 9.59 Å². The average molecular weight is 427 g/mol. The second-order valence-corrected chi connectivity index (χ2v) is 10.3. The summed E-state index contributed by atoms with van der Waals surface area (Å²) in [5, 5.41) is 3.84. The third-order valence-corrected chi connectivity index (χ3v) is 7.80. The van der Waals surface area contributed by atoms with Gasteiger partial charge in [-0.05, 0) is 56.9 Å². The molecule has 160 valence electrons. The summed E-state index contributed by atoms with van der Waals surface area (Å²) in [6.07, 6.45) is 8.26. The third-order valence-electron chi connectivity index (χ3n) is 7.11. The molecule has 2 aromatic heterocycles. The molecule has 3 fully saturated rings. The smallest absolute Gasteiger partial charge is 0.254 e. The van der Waals surface area contributed by atoms with E-state index in [-0.39, 0.29) is 17.7 Å². The van der Waals surface area contributed by atoms with Crippen LogP contribution < -0.4 is 0 Å². The molecule has 0 bridgehead atoms. The van der Waals surface area contributed by atoms with Gasteiger partial charge in [0, 0.05) is 49.7 Å². The number of aromatic nitrogens is 2. The topological polar surface area (TPSA) is 58.4 Å². The van der Waals surface area contributed by atoms with Gasteiger partial charge in [0.2, 0.25) is 5.91 Å². The van der Waals surface area contributed by atoms with Crippen LogP contribution in [0.5, 0.6) is 0 Å². The number of nitrogens with zero attached hydrogens (tertiary/aromatic N) is 4. The van der Waals surface area contributed by atoms with Crippen molar-refractivity contribution in [2.45, 2.75) is 51.5 Å². The lowest BCUT2D eigenvalue weighted by Gasteiger charge is -2.42. The van der Waals surface area contributed by atoms with E-state index in [0.29, 0.717) is 25.0 Å².